The highest BCUT2D eigenvalue weighted by molar-refractivity contribution is 5.81. The molecule has 0 radical (unpaired) electrons. The Balaban J connectivity index is 3.08. The second-order valence-electron chi connectivity index (χ2n) is 4.10. The number of benzene rings is 1. The minimum Gasteiger partial charge on any atom is -0.378 e. The molecule has 92 valence electrons. The molecule has 0 aliphatic rings. The van der Waals surface area contributed by atoms with Crippen molar-refractivity contribution in [1.29, 1.82) is 10.5 Å². The number of amides is 1. The number of nitrogens with zero attached hydrogens (tertiary/aromatic N) is 3. The largest absolute Gasteiger partial charge is 0.378 e. The van der Waals surface area contributed by atoms with Crippen LogP contribution >= 0.6 is 0 Å². The van der Waals surface area contributed by atoms with Crippen LogP contribution in [-0.4, -0.2) is 20.0 Å². The molecular formula is C13H14N4O. The van der Waals surface area contributed by atoms with Crippen LogP contribution in [0.3, 0.4) is 0 Å². The highest BCUT2D eigenvalue weighted by Crippen LogP contribution is 2.25. The monoisotopic (exact) mass is 242 g/mol. The zero-order valence-corrected chi connectivity index (χ0v) is 10.3. The molecule has 1 rings (SSSR count). The predicted molar refractivity (Wildman–Crippen MR) is 67.4 cm³/mol. The lowest BCUT2D eigenvalue weighted by molar-refractivity contribution is -0.120. The second kappa shape index (κ2) is 5.70. The van der Waals surface area contributed by atoms with Crippen LogP contribution in [0.4, 0.5) is 5.69 Å². The Morgan fingerprint density at radius 1 is 1.22 bits per heavy atom. The van der Waals surface area contributed by atoms with Gasteiger partial charge in [-0.1, -0.05) is 12.1 Å². The first kappa shape index (κ1) is 13.5. The minimum absolute atomic E-state index is 0.619. The molecule has 0 saturated heterocycles. The van der Waals surface area contributed by atoms with E-state index in [9.17, 15) is 4.79 Å². The summed E-state index contributed by atoms with van der Waals surface area (Å²) in [4.78, 5) is 13.0. The normalized spacial score (nSPS) is 12.9. The smallest absolute Gasteiger partial charge is 0.236 e. The van der Waals surface area contributed by atoms with Crippen molar-refractivity contribution in [2.45, 2.75) is 5.92 Å². The molecule has 1 amide bonds. The summed E-state index contributed by atoms with van der Waals surface area (Å²) in [5.74, 6) is -2.73. The number of rotatable bonds is 4. The van der Waals surface area contributed by atoms with E-state index in [4.69, 9.17) is 16.3 Å². The molecule has 0 heterocycles. The molecule has 0 aromatic heterocycles. The van der Waals surface area contributed by atoms with Crippen molar-refractivity contribution in [2.24, 2.45) is 11.7 Å². The van der Waals surface area contributed by atoms with Gasteiger partial charge in [0, 0.05) is 19.8 Å². The van der Waals surface area contributed by atoms with Gasteiger partial charge in [0.2, 0.25) is 5.91 Å². The average Bonchev–Trinajstić information content (AvgIpc) is 2.35. The van der Waals surface area contributed by atoms with Crippen LogP contribution in [0, 0.1) is 28.6 Å². The first-order valence-electron chi connectivity index (χ1n) is 5.37. The van der Waals surface area contributed by atoms with Crippen molar-refractivity contribution in [2.75, 3.05) is 19.0 Å². The summed E-state index contributed by atoms with van der Waals surface area (Å²) in [5.41, 5.74) is 6.71. The van der Waals surface area contributed by atoms with E-state index in [-0.39, 0.29) is 0 Å². The fourth-order valence-corrected chi connectivity index (χ4v) is 1.62. The maximum atomic E-state index is 11.1. The Hall–Kier alpha value is -2.53. The van der Waals surface area contributed by atoms with Crippen LogP contribution < -0.4 is 10.6 Å². The summed E-state index contributed by atoms with van der Waals surface area (Å²) < 4.78 is 0. The molecule has 18 heavy (non-hydrogen) atoms. The van der Waals surface area contributed by atoms with Crippen LogP contribution in [-0.2, 0) is 4.79 Å². The molecule has 1 aromatic carbocycles. The Labute approximate surface area is 106 Å². The Morgan fingerprint density at radius 3 is 2.11 bits per heavy atom. The van der Waals surface area contributed by atoms with Crippen molar-refractivity contribution < 1.29 is 4.79 Å². The highest BCUT2D eigenvalue weighted by atomic mass is 16.1. The minimum atomic E-state index is -1.12. The number of carbonyl (C=O) groups is 1. The van der Waals surface area contributed by atoms with E-state index < -0.39 is 17.7 Å². The number of nitriles is 2. The summed E-state index contributed by atoms with van der Waals surface area (Å²) in [7, 11) is 3.80. The third-order valence-corrected chi connectivity index (χ3v) is 2.69. The third-order valence-electron chi connectivity index (χ3n) is 2.69. The number of carbonyl (C=O) groups excluding carboxylic acids is 1. The number of hydrogen-bond acceptors (Lipinski definition) is 4. The van der Waals surface area contributed by atoms with Crippen LogP contribution in [0.2, 0.25) is 0 Å². The van der Waals surface area contributed by atoms with Gasteiger partial charge in [0.1, 0.15) is 5.92 Å². The van der Waals surface area contributed by atoms with Gasteiger partial charge in [-0.3, -0.25) is 4.79 Å². The van der Waals surface area contributed by atoms with E-state index in [1.54, 1.807) is 18.2 Å². The van der Waals surface area contributed by atoms with Gasteiger partial charge < -0.3 is 10.6 Å². The lowest BCUT2D eigenvalue weighted by Crippen LogP contribution is -2.27. The zero-order valence-electron chi connectivity index (χ0n) is 10.3. The fourth-order valence-electron chi connectivity index (χ4n) is 1.62. The zero-order chi connectivity index (χ0) is 13.7. The van der Waals surface area contributed by atoms with E-state index >= 15 is 0 Å². The third kappa shape index (κ3) is 2.78. The molecule has 2 N–H and O–H groups in total. The summed E-state index contributed by atoms with van der Waals surface area (Å²) in [6.45, 7) is 0. The summed E-state index contributed by atoms with van der Waals surface area (Å²) in [6, 6.07) is 10.9. The van der Waals surface area contributed by atoms with Crippen LogP contribution in [0.25, 0.3) is 0 Å². The highest BCUT2D eigenvalue weighted by Gasteiger charge is 2.27. The lowest BCUT2D eigenvalue weighted by Gasteiger charge is -2.16. The summed E-state index contributed by atoms with van der Waals surface area (Å²) in [6.07, 6.45) is 0. The van der Waals surface area contributed by atoms with E-state index in [1.807, 2.05) is 37.2 Å². The Morgan fingerprint density at radius 2 is 1.78 bits per heavy atom. The van der Waals surface area contributed by atoms with Crippen molar-refractivity contribution in [3.05, 3.63) is 29.8 Å². The molecule has 0 fully saturated rings. The van der Waals surface area contributed by atoms with E-state index in [0.29, 0.717) is 5.56 Å². The molecular weight excluding hydrogens is 228 g/mol. The van der Waals surface area contributed by atoms with E-state index in [0.717, 1.165) is 5.69 Å². The summed E-state index contributed by atoms with van der Waals surface area (Å²) in [5, 5.41) is 18.0. The topological polar surface area (TPSA) is 93.9 Å². The molecule has 0 aliphatic carbocycles. The van der Waals surface area contributed by atoms with Gasteiger partial charge in [0.05, 0.1) is 18.1 Å². The molecule has 2 atom stereocenters. The maximum absolute atomic E-state index is 11.1. The molecule has 0 bridgehead atoms. The number of primary amides is 1. The van der Waals surface area contributed by atoms with Gasteiger partial charge >= 0.3 is 0 Å². The Bertz CT molecular complexity index is 507. The first-order chi connectivity index (χ1) is 8.51. The van der Waals surface area contributed by atoms with Gasteiger partial charge in [-0.25, -0.2) is 0 Å². The molecule has 0 aliphatic heterocycles. The molecule has 0 spiro atoms. The number of hydrogen-bond donors (Lipinski definition) is 1. The van der Waals surface area contributed by atoms with Crippen molar-refractivity contribution in [1.82, 2.24) is 0 Å². The number of nitrogens with two attached hydrogens (primary N) is 1. The lowest BCUT2D eigenvalue weighted by atomic mass is 9.87. The van der Waals surface area contributed by atoms with Crippen LogP contribution in [0.5, 0.6) is 0 Å². The molecule has 5 heteroatoms. The Kier molecular flexibility index (Phi) is 4.28. The average molecular weight is 242 g/mol. The van der Waals surface area contributed by atoms with Crippen molar-refractivity contribution in [3.63, 3.8) is 0 Å². The van der Waals surface area contributed by atoms with Gasteiger partial charge in [-0.15, -0.1) is 0 Å². The molecule has 0 saturated carbocycles. The molecule has 2 unspecified atom stereocenters. The summed E-state index contributed by atoms with van der Waals surface area (Å²) >= 11 is 0. The SMILES string of the molecule is CN(C)c1ccc(C(C#N)C(C#N)C(N)=O)cc1. The standard InChI is InChI=1S/C13H14N4O/c1-17(2)10-5-3-9(4-6-10)11(7-14)12(8-15)13(16)18/h3-6,11-12H,1-2H3,(H2,16,18). The molecule has 1 aromatic rings. The van der Waals surface area contributed by atoms with Gasteiger partial charge in [-0.05, 0) is 17.7 Å². The van der Waals surface area contributed by atoms with E-state index in [1.165, 1.54) is 0 Å². The number of anilines is 1. The van der Waals surface area contributed by atoms with E-state index in [2.05, 4.69) is 0 Å². The van der Waals surface area contributed by atoms with Crippen LogP contribution in [0.15, 0.2) is 24.3 Å². The van der Waals surface area contributed by atoms with Gasteiger partial charge in [0.25, 0.3) is 0 Å². The van der Waals surface area contributed by atoms with Crippen molar-refractivity contribution >= 4 is 11.6 Å². The molecule has 5 nitrogen and oxygen atoms in total. The van der Waals surface area contributed by atoms with Crippen LogP contribution in [0.1, 0.15) is 11.5 Å². The van der Waals surface area contributed by atoms with Gasteiger partial charge in [-0.2, -0.15) is 10.5 Å². The second-order valence-corrected chi connectivity index (χ2v) is 4.10. The quantitative estimate of drug-likeness (QED) is 0.851. The van der Waals surface area contributed by atoms with Gasteiger partial charge in [0.15, 0.2) is 0 Å². The first-order valence-corrected chi connectivity index (χ1v) is 5.37. The predicted octanol–water partition coefficient (Wildman–Crippen LogP) is 0.985. The fraction of sp³-hybridized carbons (Fsp3) is 0.308. The maximum Gasteiger partial charge on any atom is 0.236 e. The van der Waals surface area contributed by atoms with Crippen molar-refractivity contribution in [3.8, 4) is 12.1 Å².